The number of nitrogens with zero attached hydrogens (tertiary/aromatic N) is 1. The number of hydrogen-bond donors (Lipinski definition) is 2. The SMILES string of the molecule is CCOCO[C@H]1C[C@H](n2cc(/C=C/Br)c(=O)[nH]c2=O)O[C@@H]1CO. The van der Waals surface area contributed by atoms with Crippen LogP contribution in [0, 0.1) is 0 Å². The molecule has 2 heterocycles. The first-order chi connectivity index (χ1) is 11.1. The molecule has 9 heteroatoms. The Hall–Kier alpha value is -1.26. The van der Waals surface area contributed by atoms with Crippen molar-refractivity contribution in [1.29, 1.82) is 0 Å². The second kappa shape index (κ2) is 8.55. The third-order valence-electron chi connectivity index (χ3n) is 3.48. The first-order valence-corrected chi connectivity index (χ1v) is 8.10. The third kappa shape index (κ3) is 4.39. The van der Waals surface area contributed by atoms with E-state index >= 15 is 0 Å². The van der Waals surface area contributed by atoms with E-state index in [9.17, 15) is 14.7 Å². The molecule has 0 spiro atoms. The summed E-state index contributed by atoms with van der Waals surface area (Å²) in [4.78, 5) is 27.5. The lowest BCUT2D eigenvalue weighted by Gasteiger charge is -2.16. The standard InChI is InChI=1S/C14H19BrN2O6/c1-2-21-8-22-10-5-12(23-11(10)7-18)17-6-9(3-4-15)13(19)16-14(17)20/h3-4,6,10-12,18H,2,5,7-8H2,1H3,(H,16,19,20)/b4-3+/t10-,11+,12+/m0/s1. The summed E-state index contributed by atoms with van der Waals surface area (Å²) in [6.07, 6.45) is 1.71. The quantitative estimate of drug-likeness (QED) is 0.520. The zero-order chi connectivity index (χ0) is 16.8. The van der Waals surface area contributed by atoms with E-state index in [1.54, 1.807) is 0 Å². The summed E-state index contributed by atoms with van der Waals surface area (Å²) in [5.41, 5.74) is -0.749. The van der Waals surface area contributed by atoms with E-state index < -0.39 is 29.7 Å². The second-order valence-corrected chi connectivity index (χ2v) is 5.44. The number of aliphatic hydroxyl groups excluding tert-OH is 1. The highest BCUT2D eigenvalue weighted by Gasteiger charge is 2.37. The maximum atomic E-state index is 12.0. The molecule has 0 amide bonds. The van der Waals surface area contributed by atoms with Crippen LogP contribution >= 0.6 is 15.9 Å². The summed E-state index contributed by atoms with van der Waals surface area (Å²) < 4.78 is 17.6. The molecule has 1 aliphatic rings. The number of hydrogen-bond acceptors (Lipinski definition) is 6. The van der Waals surface area contributed by atoms with Crippen molar-refractivity contribution >= 4 is 22.0 Å². The summed E-state index contributed by atoms with van der Waals surface area (Å²) in [5, 5.41) is 9.40. The topological polar surface area (TPSA) is 103 Å². The van der Waals surface area contributed by atoms with Crippen LogP contribution in [0.1, 0.15) is 25.1 Å². The van der Waals surface area contributed by atoms with Gasteiger partial charge in [0.25, 0.3) is 5.56 Å². The predicted molar refractivity (Wildman–Crippen MR) is 86.3 cm³/mol. The Kier molecular flexibility index (Phi) is 6.72. The Morgan fingerprint density at radius 2 is 2.35 bits per heavy atom. The van der Waals surface area contributed by atoms with E-state index in [-0.39, 0.29) is 13.4 Å². The molecule has 0 radical (unpaired) electrons. The van der Waals surface area contributed by atoms with Crippen molar-refractivity contribution in [3.63, 3.8) is 0 Å². The summed E-state index contributed by atoms with van der Waals surface area (Å²) >= 11 is 3.09. The van der Waals surface area contributed by atoms with Crippen molar-refractivity contribution in [1.82, 2.24) is 9.55 Å². The van der Waals surface area contributed by atoms with E-state index in [0.717, 1.165) is 0 Å². The zero-order valence-corrected chi connectivity index (χ0v) is 14.2. The molecule has 1 fully saturated rings. The van der Waals surface area contributed by atoms with Crippen molar-refractivity contribution < 1.29 is 19.3 Å². The van der Waals surface area contributed by atoms with Crippen molar-refractivity contribution in [2.45, 2.75) is 31.8 Å². The van der Waals surface area contributed by atoms with Crippen molar-refractivity contribution in [3.05, 3.63) is 37.6 Å². The summed E-state index contributed by atoms with van der Waals surface area (Å²) in [7, 11) is 0. The molecule has 2 rings (SSSR count). The average molecular weight is 391 g/mol. The number of aromatic nitrogens is 2. The Morgan fingerprint density at radius 3 is 3.00 bits per heavy atom. The average Bonchev–Trinajstić information content (AvgIpc) is 2.93. The minimum Gasteiger partial charge on any atom is -0.394 e. The van der Waals surface area contributed by atoms with Gasteiger partial charge >= 0.3 is 5.69 Å². The first kappa shape index (κ1) is 18.1. The molecule has 0 bridgehead atoms. The number of ether oxygens (including phenoxy) is 3. The van der Waals surface area contributed by atoms with Gasteiger partial charge in [-0.2, -0.15) is 0 Å². The number of rotatable bonds is 7. The van der Waals surface area contributed by atoms with Crippen molar-refractivity contribution in [3.8, 4) is 0 Å². The van der Waals surface area contributed by atoms with Crippen LogP contribution in [0.3, 0.4) is 0 Å². The Balaban J connectivity index is 2.20. The van der Waals surface area contributed by atoms with E-state index in [4.69, 9.17) is 14.2 Å². The Morgan fingerprint density at radius 1 is 1.57 bits per heavy atom. The Bertz CT molecular complexity index is 655. The van der Waals surface area contributed by atoms with Gasteiger partial charge in [0.15, 0.2) is 0 Å². The lowest BCUT2D eigenvalue weighted by Crippen LogP contribution is -2.33. The Labute approximate surface area is 140 Å². The lowest BCUT2D eigenvalue weighted by atomic mass is 10.2. The van der Waals surface area contributed by atoms with Gasteiger partial charge in [0, 0.05) is 19.2 Å². The molecule has 23 heavy (non-hydrogen) atoms. The van der Waals surface area contributed by atoms with Crippen molar-refractivity contribution in [2.75, 3.05) is 20.0 Å². The predicted octanol–water partition coefficient (Wildman–Crippen LogP) is 0.561. The summed E-state index contributed by atoms with van der Waals surface area (Å²) in [5.74, 6) is 0. The van der Waals surface area contributed by atoms with Crippen LogP contribution in [0.25, 0.3) is 6.08 Å². The van der Waals surface area contributed by atoms with Crippen LogP contribution in [0.2, 0.25) is 0 Å². The molecular formula is C14H19BrN2O6. The zero-order valence-electron chi connectivity index (χ0n) is 12.6. The highest BCUT2D eigenvalue weighted by Crippen LogP contribution is 2.29. The van der Waals surface area contributed by atoms with Crippen LogP contribution in [-0.4, -0.2) is 46.9 Å². The van der Waals surface area contributed by atoms with E-state index in [1.165, 1.54) is 21.8 Å². The largest absolute Gasteiger partial charge is 0.394 e. The molecule has 8 nitrogen and oxygen atoms in total. The van der Waals surface area contributed by atoms with Gasteiger partial charge in [0.05, 0.1) is 18.3 Å². The van der Waals surface area contributed by atoms with Gasteiger partial charge in [-0.05, 0) is 18.0 Å². The highest BCUT2D eigenvalue weighted by molar-refractivity contribution is 9.11. The molecule has 1 aromatic rings. The molecule has 2 N–H and O–H groups in total. The third-order valence-corrected chi connectivity index (χ3v) is 3.74. The van der Waals surface area contributed by atoms with Gasteiger partial charge < -0.3 is 19.3 Å². The van der Waals surface area contributed by atoms with E-state index in [0.29, 0.717) is 18.6 Å². The fraction of sp³-hybridized carbons (Fsp3) is 0.571. The van der Waals surface area contributed by atoms with Crippen LogP contribution < -0.4 is 11.2 Å². The molecule has 1 aliphatic heterocycles. The molecule has 1 saturated heterocycles. The van der Waals surface area contributed by atoms with Crippen LogP contribution in [0.4, 0.5) is 0 Å². The molecule has 0 saturated carbocycles. The molecule has 0 unspecified atom stereocenters. The maximum absolute atomic E-state index is 12.0. The fourth-order valence-corrected chi connectivity index (χ4v) is 2.62. The minimum absolute atomic E-state index is 0.0891. The minimum atomic E-state index is -0.634. The number of H-pyrrole nitrogens is 1. The fourth-order valence-electron chi connectivity index (χ4n) is 2.33. The first-order valence-electron chi connectivity index (χ1n) is 7.18. The molecular weight excluding hydrogens is 372 g/mol. The van der Waals surface area contributed by atoms with E-state index in [1.807, 2.05) is 6.92 Å². The van der Waals surface area contributed by atoms with Gasteiger partial charge in [-0.1, -0.05) is 15.9 Å². The normalized spacial score (nSPS) is 24.6. The molecule has 1 aromatic heterocycles. The van der Waals surface area contributed by atoms with Crippen LogP contribution in [0.5, 0.6) is 0 Å². The maximum Gasteiger partial charge on any atom is 0.330 e. The number of nitrogens with one attached hydrogen (secondary N) is 1. The van der Waals surface area contributed by atoms with Gasteiger partial charge in [-0.15, -0.1) is 0 Å². The van der Waals surface area contributed by atoms with Crippen LogP contribution in [0.15, 0.2) is 20.8 Å². The smallest absolute Gasteiger partial charge is 0.330 e. The van der Waals surface area contributed by atoms with Gasteiger partial charge in [-0.25, -0.2) is 4.79 Å². The highest BCUT2D eigenvalue weighted by atomic mass is 79.9. The number of halogens is 1. The molecule has 0 aromatic carbocycles. The molecule has 128 valence electrons. The number of aromatic amines is 1. The second-order valence-electron chi connectivity index (χ2n) is 4.91. The molecule has 0 aliphatic carbocycles. The lowest BCUT2D eigenvalue weighted by molar-refractivity contribution is -0.116. The van der Waals surface area contributed by atoms with Gasteiger partial charge in [0.1, 0.15) is 19.1 Å². The van der Waals surface area contributed by atoms with E-state index in [2.05, 4.69) is 20.9 Å². The summed E-state index contributed by atoms with van der Waals surface area (Å²) in [6.45, 7) is 2.22. The van der Waals surface area contributed by atoms with Gasteiger partial charge in [0.2, 0.25) is 0 Å². The number of aliphatic hydroxyl groups is 1. The van der Waals surface area contributed by atoms with Crippen LogP contribution in [-0.2, 0) is 14.2 Å². The van der Waals surface area contributed by atoms with Gasteiger partial charge in [-0.3, -0.25) is 14.3 Å². The molecule has 3 atom stereocenters. The van der Waals surface area contributed by atoms with Crippen molar-refractivity contribution in [2.24, 2.45) is 0 Å². The summed E-state index contributed by atoms with van der Waals surface area (Å²) in [6, 6.07) is 0. The monoisotopic (exact) mass is 390 g/mol.